The van der Waals surface area contributed by atoms with E-state index in [-0.39, 0.29) is 30.0 Å². The van der Waals surface area contributed by atoms with Crippen molar-refractivity contribution in [1.82, 2.24) is 10.6 Å². The van der Waals surface area contributed by atoms with Crippen molar-refractivity contribution in [1.29, 1.82) is 0 Å². The van der Waals surface area contributed by atoms with Crippen LogP contribution < -0.4 is 10.6 Å². The van der Waals surface area contributed by atoms with Crippen LogP contribution in [0, 0.1) is 11.7 Å². The van der Waals surface area contributed by atoms with E-state index in [9.17, 15) is 9.18 Å². The molecule has 0 unspecified atom stereocenters. The van der Waals surface area contributed by atoms with Gasteiger partial charge in [-0.1, -0.05) is 12.1 Å². The summed E-state index contributed by atoms with van der Waals surface area (Å²) in [7, 11) is 0. The normalized spacial score (nSPS) is 22.3. The molecule has 1 aliphatic heterocycles. The highest BCUT2D eigenvalue weighted by molar-refractivity contribution is 5.85. The third-order valence-corrected chi connectivity index (χ3v) is 3.98. The molecule has 0 radical (unpaired) electrons. The number of nitrogens with one attached hydrogen (secondary N) is 2. The van der Waals surface area contributed by atoms with Gasteiger partial charge in [-0.2, -0.15) is 0 Å². The van der Waals surface area contributed by atoms with Crippen LogP contribution in [0.25, 0.3) is 0 Å². The smallest absolute Gasteiger partial charge is 0.223 e. The molecule has 21 heavy (non-hydrogen) atoms. The van der Waals surface area contributed by atoms with E-state index in [2.05, 4.69) is 17.6 Å². The summed E-state index contributed by atoms with van der Waals surface area (Å²) >= 11 is 0. The molecule has 118 valence electrons. The van der Waals surface area contributed by atoms with Crippen molar-refractivity contribution in [2.24, 2.45) is 5.92 Å². The highest BCUT2D eigenvalue weighted by atomic mass is 35.5. The Hall–Kier alpha value is -1.13. The fourth-order valence-electron chi connectivity index (χ4n) is 2.73. The number of piperidine rings is 1. The molecule has 0 spiro atoms. The van der Waals surface area contributed by atoms with Gasteiger partial charge in [0.25, 0.3) is 0 Å². The average Bonchev–Trinajstić information content (AvgIpc) is 2.38. The second-order valence-corrected chi connectivity index (χ2v) is 6.20. The minimum Gasteiger partial charge on any atom is -0.347 e. The SMILES string of the molecule is C[C@H]1C[C@@H](C(=O)NC(C)(C)c2cccc(F)c2)CCN1.Cl. The summed E-state index contributed by atoms with van der Waals surface area (Å²) < 4.78 is 13.3. The second-order valence-electron chi connectivity index (χ2n) is 6.20. The Balaban J connectivity index is 0.00000220. The lowest BCUT2D eigenvalue weighted by atomic mass is 9.89. The fourth-order valence-corrected chi connectivity index (χ4v) is 2.73. The monoisotopic (exact) mass is 314 g/mol. The summed E-state index contributed by atoms with van der Waals surface area (Å²) in [5.74, 6) is -0.174. The van der Waals surface area contributed by atoms with Gasteiger partial charge in [0.1, 0.15) is 5.82 Å². The van der Waals surface area contributed by atoms with E-state index in [0.29, 0.717) is 6.04 Å². The molecule has 1 amide bonds. The minimum atomic E-state index is -0.562. The van der Waals surface area contributed by atoms with Gasteiger partial charge >= 0.3 is 0 Å². The molecule has 1 aromatic carbocycles. The van der Waals surface area contributed by atoms with Gasteiger partial charge in [-0.3, -0.25) is 4.79 Å². The van der Waals surface area contributed by atoms with Gasteiger partial charge in [0, 0.05) is 12.0 Å². The van der Waals surface area contributed by atoms with Crippen LogP contribution in [0.5, 0.6) is 0 Å². The maximum absolute atomic E-state index is 13.3. The Kier molecular flexibility index (Phi) is 6.17. The topological polar surface area (TPSA) is 41.1 Å². The lowest BCUT2D eigenvalue weighted by molar-refractivity contribution is -0.127. The zero-order chi connectivity index (χ0) is 14.8. The van der Waals surface area contributed by atoms with Crippen molar-refractivity contribution in [3.8, 4) is 0 Å². The zero-order valence-corrected chi connectivity index (χ0v) is 13.6. The standard InChI is InChI=1S/C16H23FN2O.ClH/c1-11-9-12(7-8-18-11)15(20)19-16(2,3)13-5-4-6-14(17)10-13;/h4-6,10-12,18H,7-9H2,1-3H3,(H,19,20);1H/t11-,12-;/m0./s1. The molecule has 0 aliphatic carbocycles. The van der Waals surface area contributed by atoms with E-state index >= 15 is 0 Å². The molecule has 1 saturated heterocycles. The van der Waals surface area contributed by atoms with Gasteiger partial charge in [-0.15, -0.1) is 12.4 Å². The Morgan fingerprint density at radius 1 is 1.43 bits per heavy atom. The van der Waals surface area contributed by atoms with E-state index < -0.39 is 5.54 Å². The molecule has 1 aromatic rings. The molecule has 1 fully saturated rings. The molecule has 1 aliphatic rings. The quantitative estimate of drug-likeness (QED) is 0.900. The molecule has 1 heterocycles. The third-order valence-electron chi connectivity index (χ3n) is 3.98. The van der Waals surface area contributed by atoms with Gasteiger partial charge in [-0.25, -0.2) is 4.39 Å². The Morgan fingerprint density at radius 3 is 2.76 bits per heavy atom. The van der Waals surface area contributed by atoms with Crippen molar-refractivity contribution in [2.75, 3.05) is 6.54 Å². The lowest BCUT2D eigenvalue weighted by Gasteiger charge is -2.32. The summed E-state index contributed by atoms with van der Waals surface area (Å²) in [5.41, 5.74) is 0.223. The molecule has 2 N–H and O–H groups in total. The molecular weight excluding hydrogens is 291 g/mol. The van der Waals surface area contributed by atoms with Gasteiger partial charge in [0.2, 0.25) is 5.91 Å². The lowest BCUT2D eigenvalue weighted by Crippen LogP contribution is -2.48. The highest BCUT2D eigenvalue weighted by Crippen LogP contribution is 2.23. The highest BCUT2D eigenvalue weighted by Gasteiger charge is 2.30. The molecule has 2 atom stereocenters. The van der Waals surface area contributed by atoms with Gasteiger partial charge in [-0.05, 0) is 57.9 Å². The van der Waals surface area contributed by atoms with Crippen LogP contribution in [0.2, 0.25) is 0 Å². The summed E-state index contributed by atoms with van der Waals surface area (Å²) in [6.45, 7) is 6.78. The predicted molar refractivity (Wildman–Crippen MR) is 85.0 cm³/mol. The van der Waals surface area contributed by atoms with Crippen LogP contribution in [0.3, 0.4) is 0 Å². The van der Waals surface area contributed by atoms with Crippen LogP contribution in [0.1, 0.15) is 39.2 Å². The van der Waals surface area contributed by atoms with Crippen molar-refractivity contribution in [2.45, 2.75) is 45.2 Å². The first-order valence-corrected chi connectivity index (χ1v) is 7.20. The Bertz CT molecular complexity index is 493. The van der Waals surface area contributed by atoms with E-state index in [1.54, 1.807) is 6.07 Å². The van der Waals surface area contributed by atoms with E-state index in [1.807, 2.05) is 19.9 Å². The molecule has 0 aromatic heterocycles. The van der Waals surface area contributed by atoms with Crippen molar-refractivity contribution in [3.63, 3.8) is 0 Å². The molecule has 0 bridgehead atoms. The molecule has 3 nitrogen and oxygen atoms in total. The van der Waals surface area contributed by atoms with Crippen LogP contribution in [-0.4, -0.2) is 18.5 Å². The number of carbonyl (C=O) groups is 1. The number of rotatable bonds is 3. The predicted octanol–water partition coefficient (Wildman–Crippen LogP) is 2.99. The second kappa shape index (κ2) is 7.23. The minimum absolute atomic E-state index is 0. The van der Waals surface area contributed by atoms with Crippen molar-refractivity contribution < 1.29 is 9.18 Å². The van der Waals surface area contributed by atoms with E-state index in [1.165, 1.54) is 12.1 Å². The number of hydrogen-bond donors (Lipinski definition) is 2. The zero-order valence-electron chi connectivity index (χ0n) is 12.8. The maximum Gasteiger partial charge on any atom is 0.223 e. The number of benzene rings is 1. The summed E-state index contributed by atoms with van der Waals surface area (Å²) in [6, 6.07) is 6.78. The largest absolute Gasteiger partial charge is 0.347 e. The average molecular weight is 315 g/mol. The first-order valence-electron chi connectivity index (χ1n) is 7.20. The van der Waals surface area contributed by atoms with Gasteiger partial charge < -0.3 is 10.6 Å². The Labute approximate surface area is 132 Å². The van der Waals surface area contributed by atoms with Crippen LogP contribution >= 0.6 is 12.4 Å². The number of halogens is 2. The number of carbonyl (C=O) groups excluding carboxylic acids is 1. The first kappa shape index (κ1) is 17.9. The molecule has 0 saturated carbocycles. The summed E-state index contributed by atoms with van der Waals surface area (Å²) in [5, 5.41) is 6.40. The van der Waals surface area contributed by atoms with Gasteiger partial charge in [0.05, 0.1) is 5.54 Å². The van der Waals surface area contributed by atoms with Gasteiger partial charge in [0.15, 0.2) is 0 Å². The fraction of sp³-hybridized carbons (Fsp3) is 0.562. The van der Waals surface area contributed by atoms with Crippen LogP contribution in [-0.2, 0) is 10.3 Å². The first-order chi connectivity index (χ1) is 9.38. The molecular formula is C16H24ClFN2O. The van der Waals surface area contributed by atoms with Crippen LogP contribution in [0.4, 0.5) is 4.39 Å². The Morgan fingerprint density at radius 2 is 2.14 bits per heavy atom. The number of amides is 1. The molecule has 5 heteroatoms. The van der Waals surface area contributed by atoms with E-state index in [0.717, 1.165) is 24.9 Å². The van der Waals surface area contributed by atoms with Crippen molar-refractivity contribution >= 4 is 18.3 Å². The maximum atomic E-state index is 13.3. The summed E-state index contributed by atoms with van der Waals surface area (Å²) in [6.07, 6.45) is 1.71. The van der Waals surface area contributed by atoms with E-state index in [4.69, 9.17) is 0 Å². The van der Waals surface area contributed by atoms with Crippen molar-refractivity contribution in [3.05, 3.63) is 35.6 Å². The summed E-state index contributed by atoms with van der Waals surface area (Å²) in [4.78, 5) is 12.4. The number of hydrogen-bond acceptors (Lipinski definition) is 2. The van der Waals surface area contributed by atoms with Crippen LogP contribution in [0.15, 0.2) is 24.3 Å². The third kappa shape index (κ3) is 4.68. The molecule has 2 rings (SSSR count).